The Bertz CT molecular complexity index is 151. The summed E-state index contributed by atoms with van der Waals surface area (Å²) in [5.74, 6) is 0.885. The van der Waals surface area contributed by atoms with Gasteiger partial charge in [-0.15, -0.1) is 0 Å². The van der Waals surface area contributed by atoms with Crippen LogP contribution in [-0.2, 0) is 0 Å². The number of hydrogen-bond donors (Lipinski definition) is 0. The van der Waals surface area contributed by atoms with Crippen LogP contribution in [0.3, 0.4) is 0 Å². The van der Waals surface area contributed by atoms with E-state index in [1.807, 2.05) is 0 Å². The van der Waals surface area contributed by atoms with Crippen molar-refractivity contribution in [3.63, 3.8) is 0 Å². The standard InChI is InChI=1S/C13H25B/c1-12-8-6-4-3-5-7-10-13(2,14)11-9-12/h12H,3-11H2,1-2H3. The Labute approximate surface area is 91.3 Å². The zero-order valence-corrected chi connectivity index (χ0v) is 10.0. The average Bonchev–Trinajstić information content (AvgIpc) is 2.15. The topological polar surface area (TPSA) is 0 Å². The van der Waals surface area contributed by atoms with Gasteiger partial charge in [-0.3, -0.25) is 0 Å². The van der Waals surface area contributed by atoms with Gasteiger partial charge in [-0.1, -0.05) is 76.9 Å². The zero-order chi connectivity index (χ0) is 10.4. The van der Waals surface area contributed by atoms with Crippen LogP contribution < -0.4 is 0 Å². The monoisotopic (exact) mass is 192 g/mol. The smallest absolute Gasteiger partial charge is 0.0688 e. The Morgan fingerprint density at radius 3 is 2.36 bits per heavy atom. The second-order valence-corrected chi connectivity index (χ2v) is 5.60. The van der Waals surface area contributed by atoms with E-state index < -0.39 is 0 Å². The van der Waals surface area contributed by atoms with Crippen LogP contribution in [0.4, 0.5) is 0 Å². The fraction of sp³-hybridized carbons (Fsp3) is 1.00. The third kappa shape index (κ3) is 5.07. The van der Waals surface area contributed by atoms with Gasteiger partial charge in [0.15, 0.2) is 0 Å². The first-order chi connectivity index (χ1) is 6.60. The lowest BCUT2D eigenvalue weighted by Crippen LogP contribution is -2.09. The molecule has 1 rings (SSSR count). The fourth-order valence-electron chi connectivity index (χ4n) is 2.40. The fourth-order valence-corrected chi connectivity index (χ4v) is 2.40. The maximum absolute atomic E-state index is 6.28. The van der Waals surface area contributed by atoms with Crippen LogP contribution in [0.5, 0.6) is 0 Å². The van der Waals surface area contributed by atoms with Crippen molar-refractivity contribution in [3.8, 4) is 0 Å². The van der Waals surface area contributed by atoms with Crippen LogP contribution in [0, 0.1) is 5.92 Å². The van der Waals surface area contributed by atoms with E-state index in [1.165, 1.54) is 57.8 Å². The molecule has 1 aliphatic rings. The first kappa shape index (κ1) is 12.1. The van der Waals surface area contributed by atoms with Crippen molar-refractivity contribution in [2.75, 3.05) is 0 Å². The van der Waals surface area contributed by atoms with Crippen molar-refractivity contribution in [2.45, 2.75) is 76.9 Å². The summed E-state index contributed by atoms with van der Waals surface area (Å²) in [6.45, 7) is 4.62. The van der Waals surface area contributed by atoms with Crippen molar-refractivity contribution in [2.24, 2.45) is 5.92 Å². The molecule has 1 heteroatoms. The molecular formula is C13H25B. The molecule has 0 aromatic heterocycles. The SMILES string of the molecule is [B]C1(C)CCCCCCCC(C)CC1. The van der Waals surface area contributed by atoms with Gasteiger partial charge >= 0.3 is 0 Å². The Balaban J connectivity index is 2.38. The molecule has 0 nitrogen and oxygen atoms in total. The Kier molecular flexibility index (Phi) is 5.05. The average molecular weight is 192 g/mol. The summed E-state index contributed by atoms with van der Waals surface area (Å²) >= 11 is 0. The van der Waals surface area contributed by atoms with Crippen molar-refractivity contribution in [1.29, 1.82) is 0 Å². The molecule has 1 fully saturated rings. The van der Waals surface area contributed by atoms with Crippen molar-refractivity contribution in [1.82, 2.24) is 0 Å². The van der Waals surface area contributed by atoms with E-state index in [4.69, 9.17) is 7.85 Å². The Morgan fingerprint density at radius 2 is 1.57 bits per heavy atom. The molecule has 2 atom stereocenters. The normalized spacial score (nSPS) is 37.4. The lowest BCUT2D eigenvalue weighted by molar-refractivity contribution is 0.406. The van der Waals surface area contributed by atoms with Gasteiger partial charge in [-0.25, -0.2) is 0 Å². The molecule has 2 unspecified atom stereocenters. The molecule has 0 amide bonds. The summed E-state index contributed by atoms with van der Waals surface area (Å²) in [7, 11) is 6.28. The highest BCUT2D eigenvalue weighted by atomic mass is 14.2. The highest BCUT2D eigenvalue weighted by Gasteiger charge is 2.18. The first-order valence-electron chi connectivity index (χ1n) is 6.39. The molecule has 2 radical (unpaired) electrons. The van der Waals surface area contributed by atoms with Gasteiger partial charge in [0.05, 0.1) is 7.85 Å². The van der Waals surface area contributed by atoms with Gasteiger partial charge in [0.25, 0.3) is 0 Å². The summed E-state index contributed by atoms with van der Waals surface area (Å²) in [6, 6.07) is 0. The second-order valence-electron chi connectivity index (χ2n) is 5.60. The zero-order valence-electron chi connectivity index (χ0n) is 10.0. The maximum Gasteiger partial charge on any atom is 0.0742 e. The summed E-state index contributed by atoms with van der Waals surface area (Å²) in [6.07, 6.45) is 12.2. The van der Waals surface area contributed by atoms with Crippen LogP contribution >= 0.6 is 0 Å². The summed E-state index contributed by atoms with van der Waals surface area (Å²) in [4.78, 5) is 0. The van der Waals surface area contributed by atoms with Crippen LogP contribution in [0.15, 0.2) is 0 Å². The predicted molar refractivity (Wildman–Crippen MR) is 64.8 cm³/mol. The van der Waals surface area contributed by atoms with E-state index in [1.54, 1.807) is 0 Å². The molecule has 0 aromatic rings. The van der Waals surface area contributed by atoms with Gasteiger partial charge in [0.1, 0.15) is 0 Å². The minimum absolute atomic E-state index is 0.110. The molecule has 0 N–H and O–H groups in total. The molecule has 0 bridgehead atoms. The second kappa shape index (κ2) is 5.83. The third-order valence-corrected chi connectivity index (χ3v) is 3.65. The Morgan fingerprint density at radius 1 is 0.929 bits per heavy atom. The molecule has 14 heavy (non-hydrogen) atoms. The highest BCUT2D eigenvalue weighted by Crippen LogP contribution is 2.36. The summed E-state index contributed by atoms with van der Waals surface area (Å²) in [5.41, 5.74) is 0. The first-order valence-corrected chi connectivity index (χ1v) is 6.39. The van der Waals surface area contributed by atoms with E-state index in [0.29, 0.717) is 0 Å². The lowest BCUT2D eigenvalue weighted by atomic mass is 9.64. The molecule has 1 saturated carbocycles. The van der Waals surface area contributed by atoms with E-state index in [2.05, 4.69) is 13.8 Å². The molecule has 0 spiro atoms. The third-order valence-electron chi connectivity index (χ3n) is 3.65. The molecule has 1 aliphatic carbocycles. The minimum atomic E-state index is 0.110. The van der Waals surface area contributed by atoms with Crippen LogP contribution in [0.1, 0.15) is 71.6 Å². The van der Waals surface area contributed by atoms with Crippen LogP contribution in [-0.4, -0.2) is 7.85 Å². The van der Waals surface area contributed by atoms with Crippen molar-refractivity contribution in [3.05, 3.63) is 0 Å². The number of hydrogen-bond acceptors (Lipinski definition) is 0. The van der Waals surface area contributed by atoms with Gasteiger partial charge in [0.2, 0.25) is 0 Å². The van der Waals surface area contributed by atoms with Crippen molar-refractivity contribution >= 4 is 7.85 Å². The molecular weight excluding hydrogens is 167 g/mol. The predicted octanol–water partition coefficient (Wildman–Crippen LogP) is 4.49. The quantitative estimate of drug-likeness (QED) is 0.496. The van der Waals surface area contributed by atoms with E-state index in [-0.39, 0.29) is 5.31 Å². The Hall–Kier alpha value is 0.0649. The minimum Gasteiger partial charge on any atom is -0.0688 e. The molecule has 0 saturated heterocycles. The largest absolute Gasteiger partial charge is 0.0742 e. The maximum atomic E-state index is 6.28. The van der Waals surface area contributed by atoms with E-state index in [9.17, 15) is 0 Å². The molecule has 0 aromatic carbocycles. The van der Waals surface area contributed by atoms with E-state index in [0.717, 1.165) is 5.92 Å². The molecule has 80 valence electrons. The van der Waals surface area contributed by atoms with Crippen LogP contribution in [0.2, 0.25) is 5.31 Å². The van der Waals surface area contributed by atoms with Crippen molar-refractivity contribution < 1.29 is 0 Å². The summed E-state index contributed by atoms with van der Waals surface area (Å²) < 4.78 is 0. The van der Waals surface area contributed by atoms with E-state index >= 15 is 0 Å². The van der Waals surface area contributed by atoms with Gasteiger partial charge in [-0.2, -0.15) is 0 Å². The van der Waals surface area contributed by atoms with Gasteiger partial charge < -0.3 is 0 Å². The lowest BCUT2D eigenvalue weighted by Gasteiger charge is -2.26. The number of rotatable bonds is 0. The van der Waals surface area contributed by atoms with Gasteiger partial charge in [0, 0.05) is 0 Å². The van der Waals surface area contributed by atoms with Gasteiger partial charge in [-0.05, 0) is 5.92 Å². The molecule has 0 heterocycles. The molecule has 0 aliphatic heterocycles. The highest BCUT2D eigenvalue weighted by molar-refractivity contribution is 6.14. The summed E-state index contributed by atoms with van der Waals surface area (Å²) in [5, 5.41) is 0.110. The van der Waals surface area contributed by atoms with Crippen LogP contribution in [0.25, 0.3) is 0 Å².